The van der Waals surface area contributed by atoms with Crippen LogP contribution in [0.1, 0.15) is 119 Å². The Kier molecular flexibility index (Phi) is 21.1. The summed E-state index contributed by atoms with van der Waals surface area (Å²) < 4.78 is 25.2. The smallest absolute Gasteiger partial charge is 0.417 e. The van der Waals surface area contributed by atoms with Crippen molar-refractivity contribution in [2.24, 2.45) is 0 Å². The Bertz CT molecular complexity index is 1330. The molecular formula is C40H57IN2O6. The molecule has 8 nitrogen and oxygen atoms in total. The SMILES string of the molecule is CCCCCCCCCCCCCCOc1c(OC)cc(COC(=O)N(Cc2cc[n+](CCC)cc2)C(=O)c2ccccc2)cc1OC.[I-]. The largest absolute Gasteiger partial charge is 1.00 e. The summed E-state index contributed by atoms with van der Waals surface area (Å²) >= 11 is 0. The molecule has 0 N–H and O–H groups in total. The number of carbonyl (C=O) groups excluding carboxylic acids is 2. The third-order valence-electron chi connectivity index (χ3n) is 8.40. The fourth-order valence-electron chi connectivity index (χ4n) is 5.64. The minimum atomic E-state index is -0.737. The number of nitrogens with zero attached hydrogens (tertiary/aromatic N) is 2. The lowest BCUT2D eigenvalue weighted by molar-refractivity contribution is -0.697. The van der Waals surface area contributed by atoms with Crippen LogP contribution < -0.4 is 42.8 Å². The molecule has 0 aliphatic carbocycles. The number of halogens is 1. The van der Waals surface area contributed by atoms with Gasteiger partial charge in [0.1, 0.15) is 13.2 Å². The Morgan fingerprint density at radius 1 is 0.694 bits per heavy atom. The molecule has 0 aliphatic rings. The predicted molar refractivity (Wildman–Crippen MR) is 190 cm³/mol. The van der Waals surface area contributed by atoms with E-state index >= 15 is 0 Å². The highest BCUT2D eigenvalue weighted by Gasteiger charge is 2.25. The highest BCUT2D eigenvalue weighted by molar-refractivity contribution is 6.02. The Labute approximate surface area is 311 Å². The van der Waals surface area contributed by atoms with E-state index in [1.54, 1.807) is 50.6 Å². The van der Waals surface area contributed by atoms with Gasteiger partial charge in [-0.2, -0.15) is 0 Å². The summed E-state index contributed by atoms with van der Waals surface area (Å²) in [4.78, 5) is 28.0. The van der Waals surface area contributed by atoms with E-state index in [4.69, 9.17) is 18.9 Å². The van der Waals surface area contributed by atoms with E-state index in [-0.39, 0.29) is 37.1 Å². The number of pyridine rings is 1. The summed E-state index contributed by atoms with van der Waals surface area (Å²) in [5.74, 6) is 1.11. The zero-order valence-corrected chi connectivity index (χ0v) is 32.3. The molecule has 1 heterocycles. The second-order valence-electron chi connectivity index (χ2n) is 12.3. The maximum atomic E-state index is 13.4. The maximum Gasteiger partial charge on any atom is 0.417 e. The van der Waals surface area contributed by atoms with E-state index < -0.39 is 12.0 Å². The molecule has 3 aromatic rings. The highest BCUT2D eigenvalue weighted by atomic mass is 127. The van der Waals surface area contributed by atoms with E-state index in [1.165, 1.54) is 64.2 Å². The van der Waals surface area contributed by atoms with Crippen LogP contribution in [0.25, 0.3) is 0 Å². The number of hydrogen-bond donors (Lipinski definition) is 0. The zero-order chi connectivity index (χ0) is 34.4. The first kappa shape index (κ1) is 41.8. The Balaban J connectivity index is 0.00000833. The number of hydrogen-bond acceptors (Lipinski definition) is 6. The van der Waals surface area contributed by atoms with Crippen LogP contribution in [0.3, 0.4) is 0 Å². The first-order chi connectivity index (χ1) is 23.5. The van der Waals surface area contributed by atoms with Gasteiger partial charge >= 0.3 is 6.09 Å². The molecule has 0 unspecified atom stereocenters. The summed E-state index contributed by atoms with van der Waals surface area (Å²) in [6, 6.07) is 16.1. The van der Waals surface area contributed by atoms with Gasteiger partial charge in [0.15, 0.2) is 23.9 Å². The molecule has 1 aromatic heterocycles. The van der Waals surface area contributed by atoms with Crippen LogP contribution in [0.2, 0.25) is 0 Å². The second-order valence-corrected chi connectivity index (χ2v) is 12.3. The standard InChI is InChI=1S/C40H57N2O6.HI/c1-5-7-8-9-10-11-12-13-14-15-16-20-28-47-38-36(45-3)29-34(30-37(38)46-4)32-48-40(44)42(39(43)35-21-18-17-19-22-35)31-33-23-26-41(25-6-2)27-24-33;/h17-19,21-24,26-27,29-30H,5-16,20,25,28,31-32H2,1-4H3;1H/q+1;/p-1. The molecule has 9 heteroatoms. The van der Waals surface area contributed by atoms with Crippen molar-refractivity contribution >= 4 is 12.0 Å². The molecule has 0 spiro atoms. The summed E-state index contributed by atoms with van der Waals surface area (Å²) in [7, 11) is 3.15. The van der Waals surface area contributed by atoms with Gasteiger partial charge in [-0.05, 0) is 41.8 Å². The van der Waals surface area contributed by atoms with Crippen LogP contribution in [0.5, 0.6) is 17.2 Å². The highest BCUT2D eigenvalue weighted by Crippen LogP contribution is 2.39. The monoisotopic (exact) mass is 788 g/mol. The number of amides is 2. The summed E-state index contributed by atoms with van der Waals surface area (Å²) in [5.41, 5.74) is 1.88. The number of benzene rings is 2. The molecule has 2 aromatic carbocycles. The molecule has 3 rings (SSSR count). The Morgan fingerprint density at radius 2 is 1.24 bits per heavy atom. The first-order valence-corrected chi connectivity index (χ1v) is 17.9. The van der Waals surface area contributed by atoms with Crippen LogP contribution in [-0.4, -0.2) is 37.7 Å². The summed E-state index contributed by atoms with van der Waals surface area (Å²) in [6.45, 7) is 5.84. The van der Waals surface area contributed by atoms with Gasteiger partial charge in [0.05, 0.1) is 27.4 Å². The van der Waals surface area contributed by atoms with Gasteiger partial charge in [-0.25, -0.2) is 14.3 Å². The van der Waals surface area contributed by atoms with Crippen molar-refractivity contribution in [1.29, 1.82) is 0 Å². The van der Waals surface area contributed by atoms with Gasteiger partial charge in [-0.15, -0.1) is 0 Å². The van der Waals surface area contributed by atoms with E-state index in [2.05, 4.69) is 18.4 Å². The summed E-state index contributed by atoms with van der Waals surface area (Å²) in [6.07, 6.45) is 19.6. The molecule has 49 heavy (non-hydrogen) atoms. The maximum absolute atomic E-state index is 13.4. The van der Waals surface area contributed by atoms with Gasteiger partial charge in [-0.1, -0.05) is 103 Å². The zero-order valence-electron chi connectivity index (χ0n) is 30.1. The van der Waals surface area contributed by atoms with E-state index in [1.807, 2.05) is 30.6 Å². The third kappa shape index (κ3) is 15.0. The van der Waals surface area contributed by atoms with Gasteiger partial charge in [0, 0.05) is 24.1 Å². The average Bonchev–Trinajstić information content (AvgIpc) is 3.12. The normalized spacial score (nSPS) is 10.6. The third-order valence-corrected chi connectivity index (χ3v) is 8.40. The fraction of sp³-hybridized carbons (Fsp3) is 0.525. The van der Waals surface area contributed by atoms with Crippen molar-refractivity contribution in [2.45, 2.75) is 117 Å². The average molecular weight is 789 g/mol. The summed E-state index contributed by atoms with van der Waals surface area (Å²) in [5, 5.41) is 0. The number of imide groups is 1. The number of unbranched alkanes of at least 4 members (excludes halogenated alkanes) is 11. The predicted octanol–water partition coefficient (Wildman–Crippen LogP) is 6.46. The van der Waals surface area contributed by atoms with Crippen LogP contribution in [-0.2, 0) is 24.4 Å². The number of methoxy groups -OCH3 is 2. The van der Waals surface area contributed by atoms with Gasteiger partial charge in [0.25, 0.3) is 5.91 Å². The van der Waals surface area contributed by atoms with Crippen LogP contribution in [0, 0.1) is 0 Å². The van der Waals surface area contributed by atoms with Gasteiger partial charge < -0.3 is 42.9 Å². The topological polar surface area (TPSA) is 78.2 Å². The molecule has 270 valence electrons. The second kappa shape index (κ2) is 24.7. The number of carbonyl (C=O) groups is 2. The minimum absolute atomic E-state index is 0. The number of ether oxygens (including phenoxy) is 4. The van der Waals surface area contributed by atoms with Crippen LogP contribution in [0.15, 0.2) is 67.0 Å². The van der Waals surface area contributed by atoms with Crippen molar-refractivity contribution in [2.75, 3.05) is 20.8 Å². The van der Waals surface area contributed by atoms with E-state index in [9.17, 15) is 9.59 Å². The number of aromatic nitrogens is 1. The number of rotatable bonds is 23. The number of aryl methyl sites for hydroxylation is 1. The van der Waals surface area contributed by atoms with Crippen molar-refractivity contribution in [3.05, 3.63) is 83.7 Å². The lowest BCUT2D eigenvalue weighted by Gasteiger charge is -2.21. The molecule has 0 fully saturated rings. The van der Waals surface area contributed by atoms with Crippen LogP contribution in [0.4, 0.5) is 4.79 Å². The van der Waals surface area contributed by atoms with Crippen molar-refractivity contribution in [3.8, 4) is 17.2 Å². The lowest BCUT2D eigenvalue weighted by atomic mass is 10.1. The van der Waals surface area contributed by atoms with Gasteiger partial charge in [-0.3, -0.25) is 4.79 Å². The van der Waals surface area contributed by atoms with E-state index in [0.717, 1.165) is 36.3 Å². The quantitative estimate of drug-likeness (QED) is 0.0624. The van der Waals surface area contributed by atoms with Crippen molar-refractivity contribution < 1.29 is 57.1 Å². The molecule has 0 saturated heterocycles. The van der Waals surface area contributed by atoms with E-state index in [0.29, 0.717) is 35.0 Å². The molecule has 0 atom stereocenters. The molecule has 0 bridgehead atoms. The Morgan fingerprint density at radius 3 is 1.78 bits per heavy atom. The van der Waals surface area contributed by atoms with Crippen LogP contribution >= 0.6 is 0 Å². The fourth-order valence-corrected chi connectivity index (χ4v) is 5.64. The first-order valence-electron chi connectivity index (χ1n) is 17.9. The lowest BCUT2D eigenvalue weighted by Crippen LogP contribution is -3.00. The molecule has 0 saturated carbocycles. The molecule has 0 radical (unpaired) electrons. The van der Waals surface area contributed by atoms with Crippen molar-refractivity contribution in [1.82, 2.24) is 4.90 Å². The minimum Gasteiger partial charge on any atom is -1.00 e. The molecular weight excluding hydrogens is 731 g/mol. The molecule has 2 amide bonds. The molecule has 0 aliphatic heterocycles. The van der Waals surface area contributed by atoms with Gasteiger partial charge in [0.2, 0.25) is 5.75 Å². The van der Waals surface area contributed by atoms with Crippen molar-refractivity contribution in [3.63, 3.8) is 0 Å². The Hall–Kier alpha value is -3.34.